The van der Waals surface area contributed by atoms with Crippen molar-refractivity contribution in [3.05, 3.63) is 71.8 Å². The van der Waals surface area contributed by atoms with Gasteiger partial charge in [0.1, 0.15) is 5.82 Å². The Bertz CT molecular complexity index is 1030. The van der Waals surface area contributed by atoms with Crippen molar-refractivity contribution in [3.63, 3.8) is 0 Å². The van der Waals surface area contributed by atoms with Crippen LogP contribution in [0.2, 0.25) is 0 Å². The topological polar surface area (TPSA) is 67.2 Å². The van der Waals surface area contributed by atoms with E-state index in [4.69, 9.17) is 4.74 Å². The number of anilines is 3. The molecule has 3 aromatic rings. The van der Waals surface area contributed by atoms with Gasteiger partial charge < -0.3 is 20.3 Å². The van der Waals surface area contributed by atoms with E-state index in [9.17, 15) is 0 Å². The lowest BCUT2D eigenvalue weighted by atomic mass is 9.95. The molecule has 0 amide bonds. The van der Waals surface area contributed by atoms with E-state index in [1.807, 2.05) is 30.3 Å². The second-order valence-electron chi connectivity index (χ2n) is 7.30. The fraction of sp³-hybridized carbons (Fsp3) is 0.273. The predicted molar refractivity (Wildman–Crippen MR) is 114 cm³/mol. The smallest absolute Gasteiger partial charge is 0.135 e. The van der Waals surface area contributed by atoms with Crippen LogP contribution in [0, 0.1) is 0 Å². The Balaban J connectivity index is 1.39. The molecule has 1 fully saturated rings. The molecular weight excluding hydrogens is 364 g/mol. The van der Waals surface area contributed by atoms with Crippen LogP contribution < -0.4 is 15.5 Å². The number of fused-ring (bicyclic) bond motifs is 1. The van der Waals surface area contributed by atoms with Crippen LogP contribution in [0.25, 0.3) is 5.57 Å². The number of aryl methyl sites for hydroxylation is 1. The van der Waals surface area contributed by atoms with Crippen molar-refractivity contribution in [3.8, 4) is 0 Å². The number of aromatic nitrogens is 3. The van der Waals surface area contributed by atoms with Crippen molar-refractivity contribution in [2.45, 2.75) is 6.54 Å². The lowest BCUT2D eigenvalue weighted by Gasteiger charge is -2.29. The number of hydrogen-bond donors (Lipinski definition) is 2. The summed E-state index contributed by atoms with van der Waals surface area (Å²) in [5.41, 5.74) is 6.82. The molecule has 0 radical (unpaired) electrons. The van der Waals surface area contributed by atoms with E-state index in [0.717, 1.165) is 61.1 Å². The van der Waals surface area contributed by atoms with Crippen molar-refractivity contribution < 1.29 is 4.74 Å². The first-order valence-electron chi connectivity index (χ1n) is 9.88. The van der Waals surface area contributed by atoms with Gasteiger partial charge in [0.15, 0.2) is 0 Å². The van der Waals surface area contributed by atoms with Crippen molar-refractivity contribution >= 4 is 22.8 Å². The van der Waals surface area contributed by atoms with E-state index in [1.165, 1.54) is 11.3 Å². The second kappa shape index (κ2) is 7.60. The van der Waals surface area contributed by atoms with Crippen LogP contribution in [-0.2, 0) is 18.3 Å². The molecule has 2 aliphatic rings. The molecule has 7 nitrogen and oxygen atoms in total. The third kappa shape index (κ3) is 3.56. The molecule has 5 rings (SSSR count). The quantitative estimate of drug-likeness (QED) is 0.716. The molecule has 0 unspecified atom stereocenters. The Kier molecular flexibility index (Phi) is 4.65. The van der Waals surface area contributed by atoms with Crippen molar-refractivity contribution in [1.29, 1.82) is 0 Å². The summed E-state index contributed by atoms with van der Waals surface area (Å²) in [5.74, 6) is 0.878. The molecule has 1 aromatic carbocycles. The van der Waals surface area contributed by atoms with Gasteiger partial charge in [-0.3, -0.25) is 4.68 Å². The molecule has 0 aliphatic carbocycles. The zero-order chi connectivity index (χ0) is 19.6. The predicted octanol–water partition coefficient (Wildman–Crippen LogP) is 2.89. The van der Waals surface area contributed by atoms with Gasteiger partial charge in [0.25, 0.3) is 0 Å². The molecule has 2 aromatic heterocycles. The largest absolute Gasteiger partial charge is 0.386 e. The van der Waals surface area contributed by atoms with Gasteiger partial charge in [-0.25, -0.2) is 4.98 Å². The van der Waals surface area contributed by atoms with E-state index < -0.39 is 0 Å². The van der Waals surface area contributed by atoms with Crippen LogP contribution in [0.5, 0.6) is 0 Å². The minimum Gasteiger partial charge on any atom is -0.386 e. The number of ether oxygens (including phenoxy) is 1. The van der Waals surface area contributed by atoms with Gasteiger partial charge in [0.05, 0.1) is 19.4 Å². The Morgan fingerprint density at radius 1 is 1.10 bits per heavy atom. The lowest BCUT2D eigenvalue weighted by molar-refractivity contribution is 0.122. The first-order valence-corrected chi connectivity index (χ1v) is 9.88. The van der Waals surface area contributed by atoms with Crippen molar-refractivity contribution in [2.24, 2.45) is 7.05 Å². The maximum absolute atomic E-state index is 5.44. The Hall–Kier alpha value is -3.32. The SMILES string of the molecule is Cn1cc(C2=CNCc3c2ccnc3Nc2ccc(N3CCOCC3)cc2)cn1. The zero-order valence-corrected chi connectivity index (χ0v) is 16.4. The van der Waals surface area contributed by atoms with Gasteiger partial charge in [-0.05, 0) is 35.9 Å². The molecule has 0 saturated carbocycles. The van der Waals surface area contributed by atoms with Crippen LogP contribution >= 0.6 is 0 Å². The molecule has 148 valence electrons. The van der Waals surface area contributed by atoms with E-state index in [0.29, 0.717) is 0 Å². The van der Waals surface area contributed by atoms with Crippen LogP contribution in [0.1, 0.15) is 16.7 Å². The van der Waals surface area contributed by atoms with E-state index in [-0.39, 0.29) is 0 Å². The van der Waals surface area contributed by atoms with E-state index in [1.54, 1.807) is 0 Å². The summed E-state index contributed by atoms with van der Waals surface area (Å²) in [4.78, 5) is 6.96. The number of rotatable bonds is 4. The summed E-state index contributed by atoms with van der Waals surface area (Å²) >= 11 is 0. The Morgan fingerprint density at radius 2 is 1.93 bits per heavy atom. The Labute approximate surface area is 170 Å². The van der Waals surface area contributed by atoms with E-state index >= 15 is 0 Å². The number of hydrogen-bond acceptors (Lipinski definition) is 6. The standard InChI is InChI=1S/C22H24N6O/c1-27-15-16(12-25-27)20-13-23-14-21-19(20)6-7-24-22(21)26-17-2-4-18(5-3-17)28-8-10-29-11-9-28/h2-7,12-13,15,23H,8-11,14H2,1H3,(H,24,26). The first kappa shape index (κ1) is 17.8. The Morgan fingerprint density at radius 3 is 2.69 bits per heavy atom. The lowest BCUT2D eigenvalue weighted by Crippen LogP contribution is -2.36. The van der Waals surface area contributed by atoms with Crippen LogP contribution in [0.3, 0.4) is 0 Å². The van der Waals surface area contributed by atoms with Crippen molar-refractivity contribution in [2.75, 3.05) is 36.5 Å². The molecule has 29 heavy (non-hydrogen) atoms. The van der Waals surface area contributed by atoms with Crippen LogP contribution in [-0.4, -0.2) is 41.1 Å². The summed E-state index contributed by atoms with van der Waals surface area (Å²) < 4.78 is 7.26. The number of benzene rings is 1. The van der Waals surface area contributed by atoms with Gasteiger partial charge in [0.2, 0.25) is 0 Å². The maximum atomic E-state index is 5.44. The fourth-order valence-electron chi connectivity index (χ4n) is 3.88. The van der Waals surface area contributed by atoms with Gasteiger partial charge in [-0.15, -0.1) is 0 Å². The van der Waals surface area contributed by atoms with Gasteiger partial charge >= 0.3 is 0 Å². The minimum absolute atomic E-state index is 0.737. The normalized spacial score (nSPS) is 16.0. The monoisotopic (exact) mass is 388 g/mol. The average molecular weight is 388 g/mol. The van der Waals surface area contributed by atoms with Crippen LogP contribution in [0.15, 0.2) is 55.1 Å². The minimum atomic E-state index is 0.737. The average Bonchev–Trinajstić information content (AvgIpc) is 3.21. The molecule has 0 bridgehead atoms. The van der Waals surface area contributed by atoms with Crippen LogP contribution in [0.4, 0.5) is 17.2 Å². The molecule has 4 heterocycles. The number of morpholine rings is 1. The summed E-state index contributed by atoms with van der Waals surface area (Å²) in [6, 6.07) is 10.6. The highest BCUT2D eigenvalue weighted by Crippen LogP contribution is 2.32. The van der Waals surface area contributed by atoms with Gasteiger partial charge in [-0.2, -0.15) is 5.10 Å². The van der Waals surface area contributed by atoms with Crippen molar-refractivity contribution in [1.82, 2.24) is 20.1 Å². The maximum Gasteiger partial charge on any atom is 0.135 e. The number of nitrogens with zero attached hydrogens (tertiary/aromatic N) is 4. The highest BCUT2D eigenvalue weighted by atomic mass is 16.5. The second-order valence-corrected chi connectivity index (χ2v) is 7.30. The third-order valence-corrected chi connectivity index (χ3v) is 5.39. The van der Waals surface area contributed by atoms with Gasteiger partial charge in [-0.1, -0.05) is 0 Å². The zero-order valence-electron chi connectivity index (χ0n) is 16.4. The molecule has 2 N–H and O–H groups in total. The highest BCUT2D eigenvalue weighted by Gasteiger charge is 2.19. The fourth-order valence-corrected chi connectivity index (χ4v) is 3.88. The molecular formula is C22H24N6O. The molecule has 0 atom stereocenters. The summed E-state index contributed by atoms with van der Waals surface area (Å²) in [5, 5.41) is 11.2. The molecule has 7 heteroatoms. The number of pyridine rings is 1. The molecule has 0 spiro atoms. The third-order valence-electron chi connectivity index (χ3n) is 5.39. The summed E-state index contributed by atoms with van der Waals surface area (Å²) in [7, 11) is 1.93. The number of nitrogens with one attached hydrogen (secondary N) is 2. The summed E-state index contributed by atoms with van der Waals surface area (Å²) in [6.07, 6.45) is 7.83. The first-order chi connectivity index (χ1) is 14.3. The highest BCUT2D eigenvalue weighted by molar-refractivity contribution is 5.84. The van der Waals surface area contributed by atoms with Gasteiger partial charge in [0, 0.05) is 73.4 Å². The molecule has 1 saturated heterocycles. The van der Waals surface area contributed by atoms with E-state index in [2.05, 4.69) is 62.1 Å². The summed E-state index contributed by atoms with van der Waals surface area (Å²) in [6.45, 7) is 4.20. The molecule has 2 aliphatic heterocycles.